The number of likely N-dealkylation sites (N-methyl/N-ethyl adjacent to an activating group) is 2. The summed E-state index contributed by atoms with van der Waals surface area (Å²) in [7, 11) is 5.54. The van der Waals surface area contributed by atoms with Crippen LogP contribution in [0, 0.1) is 5.92 Å². The average molecular weight is 454 g/mol. The summed E-state index contributed by atoms with van der Waals surface area (Å²) in [5.74, 6) is 0.455. The van der Waals surface area contributed by atoms with Crippen LogP contribution in [0.1, 0.15) is 29.8 Å². The number of carbonyl (C=O) groups is 2. The quantitative estimate of drug-likeness (QED) is 0.769. The lowest BCUT2D eigenvalue weighted by molar-refractivity contribution is -0.115. The molecule has 3 atom stereocenters. The highest BCUT2D eigenvalue weighted by molar-refractivity contribution is 5.98. The van der Waals surface area contributed by atoms with Crippen LogP contribution in [0.4, 0.5) is 5.69 Å². The first-order valence-corrected chi connectivity index (χ1v) is 11.4. The zero-order valence-corrected chi connectivity index (χ0v) is 20.2. The molecule has 3 rings (SSSR count). The lowest BCUT2D eigenvalue weighted by atomic mass is 10.0. The standard InChI is InChI=1S/C26H35N3O4/c1-18-15-28(3)19(2)17-33-23-14-21(27-25(30)13-20-9-7-6-8-10-20)11-12-22(23)26(31)29(4)16-24(18)32-5/h6-12,14,18-19,24H,13,15-17H2,1-5H3,(H,27,30)/t18-,19-,24+/m0/s1. The van der Waals surface area contributed by atoms with E-state index in [9.17, 15) is 9.59 Å². The second-order valence-electron chi connectivity index (χ2n) is 8.96. The topological polar surface area (TPSA) is 71.1 Å². The van der Waals surface area contributed by atoms with Crippen molar-refractivity contribution in [2.45, 2.75) is 32.4 Å². The van der Waals surface area contributed by atoms with E-state index in [0.717, 1.165) is 12.1 Å². The summed E-state index contributed by atoms with van der Waals surface area (Å²) < 4.78 is 11.8. The monoisotopic (exact) mass is 453 g/mol. The molecule has 7 nitrogen and oxygen atoms in total. The molecular formula is C26H35N3O4. The molecule has 1 aliphatic heterocycles. The number of methoxy groups -OCH3 is 1. The van der Waals surface area contributed by atoms with Crippen molar-refractivity contribution < 1.29 is 19.1 Å². The largest absolute Gasteiger partial charge is 0.491 e. The number of amides is 2. The number of anilines is 1. The number of ether oxygens (including phenoxy) is 2. The average Bonchev–Trinajstić information content (AvgIpc) is 2.80. The van der Waals surface area contributed by atoms with Crippen LogP contribution < -0.4 is 10.1 Å². The lowest BCUT2D eigenvalue weighted by Crippen LogP contribution is -2.45. The van der Waals surface area contributed by atoms with E-state index in [1.54, 1.807) is 37.3 Å². The van der Waals surface area contributed by atoms with Crippen molar-refractivity contribution >= 4 is 17.5 Å². The van der Waals surface area contributed by atoms with Gasteiger partial charge in [0.15, 0.2) is 0 Å². The predicted octanol–water partition coefficient (Wildman–Crippen LogP) is 3.30. The molecule has 0 spiro atoms. The van der Waals surface area contributed by atoms with Crippen molar-refractivity contribution in [2.75, 3.05) is 46.2 Å². The minimum absolute atomic E-state index is 0.0751. The molecular weight excluding hydrogens is 418 g/mol. The summed E-state index contributed by atoms with van der Waals surface area (Å²) in [6.07, 6.45) is 0.202. The zero-order chi connectivity index (χ0) is 24.0. The summed E-state index contributed by atoms with van der Waals surface area (Å²) in [5.41, 5.74) is 2.01. The Bertz CT molecular complexity index is 950. The van der Waals surface area contributed by atoms with E-state index < -0.39 is 0 Å². The first-order valence-electron chi connectivity index (χ1n) is 11.4. The minimum atomic E-state index is -0.136. The number of rotatable bonds is 4. The first kappa shape index (κ1) is 24.7. The third-order valence-electron chi connectivity index (χ3n) is 6.25. The first-order chi connectivity index (χ1) is 15.8. The Hall–Kier alpha value is -2.90. The van der Waals surface area contributed by atoms with Crippen molar-refractivity contribution in [2.24, 2.45) is 5.92 Å². The number of hydrogen-bond donors (Lipinski definition) is 1. The maximum atomic E-state index is 13.2. The Balaban J connectivity index is 1.84. The van der Waals surface area contributed by atoms with E-state index in [4.69, 9.17) is 9.47 Å². The van der Waals surface area contributed by atoms with Gasteiger partial charge in [-0.15, -0.1) is 0 Å². The number of fused-ring (bicyclic) bond motifs is 1. The van der Waals surface area contributed by atoms with Crippen LogP contribution in [0.5, 0.6) is 5.75 Å². The van der Waals surface area contributed by atoms with E-state index in [1.165, 1.54) is 0 Å². The van der Waals surface area contributed by atoms with Crippen LogP contribution in [0.3, 0.4) is 0 Å². The molecule has 0 bridgehead atoms. The second kappa shape index (κ2) is 11.3. The molecule has 2 amide bonds. The molecule has 1 heterocycles. The Labute approximate surface area is 196 Å². The van der Waals surface area contributed by atoms with Crippen LogP contribution in [-0.2, 0) is 16.0 Å². The molecule has 1 aliphatic rings. The Morgan fingerprint density at radius 3 is 2.55 bits per heavy atom. The number of carbonyl (C=O) groups excluding carboxylic acids is 2. The minimum Gasteiger partial charge on any atom is -0.491 e. The van der Waals surface area contributed by atoms with Gasteiger partial charge in [0.25, 0.3) is 5.91 Å². The second-order valence-corrected chi connectivity index (χ2v) is 8.96. The molecule has 0 saturated carbocycles. The van der Waals surface area contributed by atoms with Gasteiger partial charge in [-0.1, -0.05) is 37.3 Å². The fourth-order valence-corrected chi connectivity index (χ4v) is 4.02. The molecule has 0 unspecified atom stereocenters. The molecule has 7 heteroatoms. The Morgan fingerprint density at radius 2 is 1.85 bits per heavy atom. The third kappa shape index (κ3) is 6.55. The summed E-state index contributed by atoms with van der Waals surface area (Å²) in [5, 5.41) is 2.92. The SMILES string of the molecule is CO[C@@H]1CN(C)C(=O)c2ccc(NC(=O)Cc3ccccc3)cc2OC[C@H](C)N(C)C[C@@H]1C. The highest BCUT2D eigenvalue weighted by Gasteiger charge is 2.27. The third-order valence-corrected chi connectivity index (χ3v) is 6.25. The maximum absolute atomic E-state index is 13.2. The summed E-state index contributed by atoms with van der Waals surface area (Å²) in [4.78, 5) is 29.7. The normalized spacial score (nSPS) is 22.5. The number of nitrogens with zero attached hydrogens (tertiary/aromatic N) is 2. The van der Waals surface area contributed by atoms with Crippen molar-refractivity contribution in [3.05, 3.63) is 59.7 Å². The molecule has 1 N–H and O–H groups in total. The maximum Gasteiger partial charge on any atom is 0.257 e. The lowest BCUT2D eigenvalue weighted by Gasteiger charge is -2.34. The van der Waals surface area contributed by atoms with Gasteiger partial charge in [0, 0.05) is 45.0 Å². The van der Waals surface area contributed by atoms with Gasteiger partial charge in [-0.05, 0) is 37.6 Å². The van der Waals surface area contributed by atoms with Crippen molar-refractivity contribution in [1.82, 2.24) is 9.80 Å². The molecule has 0 fully saturated rings. The molecule has 0 aromatic heterocycles. The molecule has 178 valence electrons. The van der Waals surface area contributed by atoms with Gasteiger partial charge in [0.05, 0.1) is 18.1 Å². The van der Waals surface area contributed by atoms with Crippen LogP contribution in [0.15, 0.2) is 48.5 Å². The zero-order valence-electron chi connectivity index (χ0n) is 20.2. The van der Waals surface area contributed by atoms with E-state index in [-0.39, 0.29) is 36.3 Å². The van der Waals surface area contributed by atoms with Crippen LogP contribution >= 0.6 is 0 Å². The van der Waals surface area contributed by atoms with Gasteiger partial charge in [-0.3, -0.25) is 14.5 Å². The molecule has 33 heavy (non-hydrogen) atoms. The Kier molecular flexibility index (Phi) is 8.47. The van der Waals surface area contributed by atoms with Crippen molar-refractivity contribution in [3.8, 4) is 5.75 Å². The molecule has 2 aromatic rings. The van der Waals surface area contributed by atoms with Crippen LogP contribution in [-0.4, -0.2) is 74.7 Å². The van der Waals surface area contributed by atoms with Gasteiger partial charge in [-0.25, -0.2) is 0 Å². The van der Waals surface area contributed by atoms with E-state index in [1.807, 2.05) is 30.3 Å². The predicted molar refractivity (Wildman–Crippen MR) is 130 cm³/mol. The van der Waals surface area contributed by atoms with Crippen molar-refractivity contribution in [1.29, 1.82) is 0 Å². The van der Waals surface area contributed by atoms with Gasteiger partial charge < -0.3 is 19.7 Å². The summed E-state index contributed by atoms with van der Waals surface area (Å²) in [6, 6.07) is 14.9. The summed E-state index contributed by atoms with van der Waals surface area (Å²) >= 11 is 0. The number of benzene rings is 2. The van der Waals surface area contributed by atoms with Crippen molar-refractivity contribution in [3.63, 3.8) is 0 Å². The van der Waals surface area contributed by atoms with Gasteiger partial charge in [-0.2, -0.15) is 0 Å². The molecule has 0 aliphatic carbocycles. The Morgan fingerprint density at radius 1 is 1.12 bits per heavy atom. The van der Waals surface area contributed by atoms with E-state index in [2.05, 4.69) is 31.1 Å². The number of nitrogens with one attached hydrogen (secondary N) is 1. The van der Waals surface area contributed by atoms with Crippen LogP contribution in [0.25, 0.3) is 0 Å². The molecule has 0 saturated heterocycles. The molecule has 0 radical (unpaired) electrons. The van der Waals surface area contributed by atoms with Gasteiger partial charge in [0.2, 0.25) is 5.91 Å². The van der Waals surface area contributed by atoms with Crippen LogP contribution in [0.2, 0.25) is 0 Å². The fourth-order valence-electron chi connectivity index (χ4n) is 4.02. The van der Waals surface area contributed by atoms with E-state index in [0.29, 0.717) is 30.2 Å². The fraction of sp³-hybridized carbons (Fsp3) is 0.462. The number of hydrogen-bond acceptors (Lipinski definition) is 5. The highest BCUT2D eigenvalue weighted by Crippen LogP contribution is 2.26. The van der Waals surface area contributed by atoms with Gasteiger partial charge >= 0.3 is 0 Å². The highest BCUT2D eigenvalue weighted by atomic mass is 16.5. The van der Waals surface area contributed by atoms with Gasteiger partial charge in [0.1, 0.15) is 12.4 Å². The molecule has 2 aromatic carbocycles. The summed E-state index contributed by atoms with van der Waals surface area (Å²) in [6.45, 7) is 5.97. The smallest absolute Gasteiger partial charge is 0.257 e. The van der Waals surface area contributed by atoms with E-state index >= 15 is 0 Å².